The lowest BCUT2D eigenvalue weighted by Crippen LogP contribution is -2.25. The minimum absolute atomic E-state index is 0.123. The maximum atomic E-state index is 12.8. The van der Waals surface area contributed by atoms with Gasteiger partial charge in [-0.15, -0.1) is 0 Å². The number of carbonyl (C=O) groups excluding carboxylic acids is 1. The van der Waals surface area contributed by atoms with Crippen LogP contribution < -0.4 is 10.7 Å². The summed E-state index contributed by atoms with van der Waals surface area (Å²) >= 11 is 11.9. The van der Waals surface area contributed by atoms with Gasteiger partial charge in [-0.3, -0.25) is 9.59 Å². The van der Waals surface area contributed by atoms with Gasteiger partial charge in [-0.05, 0) is 42.7 Å². The highest BCUT2D eigenvalue weighted by molar-refractivity contribution is 6.42. The molecule has 126 valence electrons. The molecule has 4 rings (SSSR count). The Kier molecular flexibility index (Phi) is 4.02. The van der Waals surface area contributed by atoms with Gasteiger partial charge in [0.15, 0.2) is 0 Å². The summed E-state index contributed by atoms with van der Waals surface area (Å²) in [6.07, 6.45) is 3.59. The number of hydrogen-bond donors (Lipinski definition) is 1. The molecule has 25 heavy (non-hydrogen) atoms. The second-order valence-electron chi connectivity index (χ2n) is 6.07. The molecule has 1 N–H and O–H groups in total. The minimum Gasteiger partial charge on any atom is -0.346 e. The molecule has 1 aliphatic rings. The van der Waals surface area contributed by atoms with E-state index >= 15 is 0 Å². The predicted molar refractivity (Wildman–Crippen MR) is 101 cm³/mol. The normalized spacial score (nSPS) is 13.0. The fourth-order valence-electron chi connectivity index (χ4n) is 3.29. The molecule has 0 fully saturated rings. The van der Waals surface area contributed by atoms with Gasteiger partial charge < -0.3 is 9.88 Å². The SMILES string of the molecule is O=C(Nc1ccc(Cl)c(Cl)c1)c1cn2c3c(cccc3c1=O)CCC2. The number of carbonyl (C=O) groups is 1. The van der Waals surface area contributed by atoms with E-state index in [-0.39, 0.29) is 11.0 Å². The molecule has 2 aromatic carbocycles. The zero-order valence-corrected chi connectivity index (χ0v) is 14.7. The van der Waals surface area contributed by atoms with E-state index in [1.807, 2.05) is 16.7 Å². The van der Waals surface area contributed by atoms with Crippen LogP contribution in [0, 0.1) is 0 Å². The number of hydrogen-bond acceptors (Lipinski definition) is 2. The molecule has 0 aliphatic carbocycles. The van der Waals surface area contributed by atoms with E-state index in [4.69, 9.17) is 23.2 Å². The monoisotopic (exact) mass is 372 g/mol. The zero-order valence-electron chi connectivity index (χ0n) is 13.2. The number of anilines is 1. The van der Waals surface area contributed by atoms with Crippen molar-refractivity contribution in [1.82, 2.24) is 4.57 Å². The summed E-state index contributed by atoms with van der Waals surface area (Å²) in [5.41, 5.74) is 2.44. The summed E-state index contributed by atoms with van der Waals surface area (Å²) in [6.45, 7) is 0.793. The Balaban J connectivity index is 1.79. The molecule has 0 radical (unpaired) electrons. The Labute approximate surface area is 154 Å². The van der Waals surface area contributed by atoms with Crippen molar-refractivity contribution in [3.8, 4) is 0 Å². The van der Waals surface area contributed by atoms with Crippen LogP contribution in [0.1, 0.15) is 22.3 Å². The quantitative estimate of drug-likeness (QED) is 0.719. The molecule has 0 spiro atoms. The van der Waals surface area contributed by atoms with Gasteiger partial charge in [0.05, 0.1) is 15.6 Å². The molecule has 0 bridgehead atoms. The smallest absolute Gasteiger partial charge is 0.261 e. The number of halogens is 2. The van der Waals surface area contributed by atoms with Crippen LogP contribution in [0.4, 0.5) is 5.69 Å². The highest BCUT2D eigenvalue weighted by Gasteiger charge is 2.19. The van der Waals surface area contributed by atoms with E-state index in [2.05, 4.69) is 5.32 Å². The molecule has 6 heteroatoms. The molecule has 1 aromatic heterocycles. The summed E-state index contributed by atoms with van der Waals surface area (Å²) in [6, 6.07) is 10.5. The summed E-state index contributed by atoms with van der Waals surface area (Å²) in [7, 11) is 0. The number of aromatic nitrogens is 1. The van der Waals surface area contributed by atoms with Crippen molar-refractivity contribution < 1.29 is 4.79 Å². The second kappa shape index (κ2) is 6.21. The van der Waals surface area contributed by atoms with Gasteiger partial charge in [-0.2, -0.15) is 0 Å². The van der Waals surface area contributed by atoms with Crippen LogP contribution in [-0.2, 0) is 13.0 Å². The van der Waals surface area contributed by atoms with Crippen molar-refractivity contribution in [3.05, 3.63) is 74.0 Å². The van der Waals surface area contributed by atoms with Crippen molar-refractivity contribution in [3.63, 3.8) is 0 Å². The van der Waals surface area contributed by atoms with Crippen molar-refractivity contribution in [2.75, 3.05) is 5.32 Å². The first-order valence-corrected chi connectivity index (χ1v) is 8.71. The van der Waals surface area contributed by atoms with Gasteiger partial charge >= 0.3 is 0 Å². The first-order chi connectivity index (χ1) is 12.0. The molecular weight excluding hydrogens is 359 g/mol. The van der Waals surface area contributed by atoms with Crippen molar-refractivity contribution in [2.45, 2.75) is 19.4 Å². The van der Waals surface area contributed by atoms with Gasteiger partial charge in [0, 0.05) is 23.8 Å². The Morgan fingerprint density at radius 1 is 1.12 bits per heavy atom. The number of rotatable bonds is 2. The van der Waals surface area contributed by atoms with Crippen molar-refractivity contribution in [1.29, 1.82) is 0 Å². The summed E-state index contributed by atoms with van der Waals surface area (Å²) in [5.74, 6) is -0.454. The molecule has 0 saturated heterocycles. The first-order valence-electron chi connectivity index (χ1n) is 7.96. The van der Waals surface area contributed by atoms with Crippen molar-refractivity contribution >= 4 is 45.7 Å². The van der Waals surface area contributed by atoms with Gasteiger partial charge in [-0.25, -0.2) is 0 Å². The summed E-state index contributed by atoms with van der Waals surface area (Å²) < 4.78 is 2.00. The zero-order chi connectivity index (χ0) is 17.6. The van der Waals surface area contributed by atoms with E-state index < -0.39 is 5.91 Å². The number of aryl methyl sites for hydroxylation is 2. The lowest BCUT2D eigenvalue weighted by molar-refractivity contribution is 0.102. The maximum Gasteiger partial charge on any atom is 0.261 e. The topological polar surface area (TPSA) is 51.1 Å². The van der Waals surface area contributed by atoms with Crippen LogP contribution in [0.15, 0.2) is 47.4 Å². The lowest BCUT2D eigenvalue weighted by Gasteiger charge is -2.20. The Morgan fingerprint density at radius 3 is 2.76 bits per heavy atom. The minimum atomic E-state index is -0.454. The molecule has 0 atom stereocenters. The van der Waals surface area contributed by atoms with Crippen LogP contribution in [-0.4, -0.2) is 10.5 Å². The van der Waals surface area contributed by atoms with Gasteiger partial charge in [0.25, 0.3) is 5.91 Å². The molecule has 3 aromatic rings. The largest absolute Gasteiger partial charge is 0.346 e. The van der Waals surface area contributed by atoms with E-state index in [0.29, 0.717) is 21.1 Å². The number of nitrogens with one attached hydrogen (secondary N) is 1. The molecule has 1 amide bonds. The molecular formula is C19H14Cl2N2O2. The lowest BCUT2D eigenvalue weighted by atomic mass is 10.00. The fraction of sp³-hybridized carbons (Fsp3) is 0.158. The third-order valence-corrected chi connectivity index (χ3v) is 5.19. The Morgan fingerprint density at radius 2 is 1.96 bits per heavy atom. The highest BCUT2D eigenvalue weighted by Crippen LogP contribution is 2.26. The van der Waals surface area contributed by atoms with E-state index in [9.17, 15) is 9.59 Å². The molecule has 1 aliphatic heterocycles. The Bertz CT molecular complexity index is 1070. The van der Waals surface area contributed by atoms with Gasteiger partial charge in [0.1, 0.15) is 5.56 Å². The summed E-state index contributed by atoms with van der Waals surface area (Å²) in [5, 5.41) is 4.05. The molecule has 4 nitrogen and oxygen atoms in total. The number of benzene rings is 2. The van der Waals surface area contributed by atoms with Crippen LogP contribution >= 0.6 is 23.2 Å². The predicted octanol–water partition coefficient (Wildman–Crippen LogP) is 4.51. The standard InChI is InChI=1S/C19H14Cl2N2O2/c20-15-7-6-12(9-16(15)21)22-19(25)14-10-23-8-2-4-11-3-1-5-13(17(11)23)18(14)24/h1,3,5-7,9-10H,2,4,8H2,(H,22,25). The maximum absolute atomic E-state index is 12.8. The first kappa shape index (κ1) is 16.2. The average molecular weight is 373 g/mol. The molecule has 0 saturated carbocycles. The number of nitrogens with zero attached hydrogens (tertiary/aromatic N) is 1. The van der Waals surface area contributed by atoms with Crippen LogP contribution in [0.25, 0.3) is 10.9 Å². The third kappa shape index (κ3) is 2.81. The number of para-hydroxylation sites is 1. The molecule has 0 unspecified atom stereocenters. The summed E-state index contributed by atoms with van der Waals surface area (Å²) in [4.78, 5) is 25.4. The van der Waals surface area contributed by atoms with E-state index in [0.717, 1.165) is 30.5 Å². The highest BCUT2D eigenvalue weighted by atomic mass is 35.5. The number of pyridine rings is 1. The van der Waals surface area contributed by atoms with Gasteiger partial charge in [-0.1, -0.05) is 35.3 Å². The van der Waals surface area contributed by atoms with Gasteiger partial charge in [0.2, 0.25) is 5.43 Å². The van der Waals surface area contributed by atoms with Crippen LogP contribution in [0.3, 0.4) is 0 Å². The number of amides is 1. The fourth-order valence-corrected chi connectivity index (χ4v) is 3.59. The van der Waals surface area contributed by atoms with Crippen molar-refractivity contribution in [2.24, 2.45) is 0 Å². The van der Waals surface area contributed by atoms with Crippen LogP contribution in [0.5, 0.6) is 0 Å². The van der Waals surface area contributed by atoms with E-state index in [1.54, 1.807) is 30.5 Å². The molecule has 2 heterocycles. The second-order valence-corrected chi connectivity index (χ2v) is 6.88. The van der Waals surface area contributed by atoms with Crippen LogP contribution in [0.2, 0.25) is 10.0 Å². The average Bonchev–Trinajstić information content (AvgIpc) is 2.61. The Hall–Kier alpha value is -2.30. The third-order valence-electron chi connectivity index (χ3n) is 4.45. The van der Waals surface area contributed by atoms with E-state index in [1.165, 1.54) is 0 Å².